The molecule has 0 unspecified atom stereocenters. The Kier molecular flexibility index (Phi) is 6.44. The van der Waals surface area contributed by atoms with Crippen molar-refractivity contribution in [2.24, 2.45) is 0 Å². The van der Waals surface area contributed by atoms with Gasteiger partial charge in [-0.05, 0) is 0 Å². The van der Waals surface area contributed by atoms with Crippen LogP contribution in [0.4, 0.5) is 0 Å². The van der Waals surface area contributed by atoms with Crippen molar-refractivity contribution in [2.75, 3.05) is 0 Å². The van der Waals surface area contributed by atoms with E-state index in [1.165, 1.54) is 0 Å². The SMILES string of the molecule is C[Si](C)(Cl)[N-][Si](C)(C)Cl.[Li+]. The molecule has 0 spiro atoms. The Labute approximate surface area is 86.6 Å². The average molecular weight is 208 g/mol. The minimum atomic E-state index is -1.77. The first-order valence-corrected chi connectivity index (χ1v) is 10.7. The molecule has 0 aromatic carbocycles. The molecule has 0 aromatic rings. The fourth-order valence-corrected chi connectivity index (χ4v) is 9.88. The van der Waals surface area contributed by atoms with E-state index in [2.05, 4.69) is 4.65 Å². The van der Waals surface area contributed by atoms with Gasteiger partial charge in [0, 0.05) is 15.1 Å². The summed E-state index contributed by atoms with van der Waals surface area (Å²) < 4.78 is 4.35. The topological polar surface area (TPSA) is 14.1 Å². The summed E-state index contributed by atoms with van der Waals surface area (Å²) in [7, 11) is -3.53. The summed E-state index contributed by atoms with van der Waals surface area (Å²) in [5, 5.41) is 0. The van der Waals surface area contributed by atoms with Gasteiger partial charge in [-0.3, -0.25) is 0 Å². The monoisotopic (exact) mass is 207 g/mol. The van der Waals surface area contributed by atoms with Gasteiger partial charge < -0.3 is 4.65 Å². The maximum atomic E-state index is 5.94. The van der Waals surface area contributed by atoms with Crippen LogP contribution >= 0.6 is 22.2 Å². The van der Waals surface area contributed by atoms with Crippen molar-refractivity contribution in [2.45, 2.75) is 26.2 Å². The van der Waals surface area contributed by atoms with E-state index in [-0.39, 0.29) is 18.9 Å². The molecule has 0 aromatic heterocycles. The average Bonchev–Trinajstić information content (AvgIpc) is 1.14. The molecule has 0 aliphatic heterocycles. The fourth-order valence-electron chi connectivity index (χ4n) is 0.632. The van der Waals surface area contributed by atoms with Crippen LogP contribution in [-0.2, 0) is 0 Å². The minimum Gasteiger partial charge on any atom is -0.641 e. The van der Waals surface area contributed by atoms with Gasteiger partial charge in [0.25, 0.3) is 0 Å². The van der Waals surface area contributed by atoms with E-state index < -0.39 is 15.1 Å². The molecule has 0 radical (unpaired) electrons. The largest absolute Gasteiger partial charge is 1.00 e. The van der Waals surface area contributed by atoms with Crippen LogP contribution in [0.2, 0.25) is 26.2 Å². The zero-order valence-corrected chi connectivity index (χ0v) is 10.7. The summed E-state index contributed by atoms with van der Waals surface area (Å²) in [6, 6.07) is 0. The Morgan fingerprint density at radius 1 is 0.900 bits per heavy atom. The maximum absolute atomic E-state index is 5.94. The molecule has 0 fully saturated rings. The van der Waals surface area contributed by atoms with Crippen LogP contribution in [0.5, 0.6) is 0 Å². The molecule has 0 amide bonds. The van der Waals surface area contributed by atoms with E-state index in [0.29, 0.717) is 0 Å². The zero-order valence-electron chi connectivity index (χ0n) is 7.20. The van der Waals surface area contributed by atoms with Crippen LogP contribution in [-0.4, -0.2) is 15.1 Å². The molecular weight excluding hydrogens is 196 g/mol. The predicted octanol–water partition coefficient (Wildman–Crippen LogP) is 0.245. The van der Waals surface area contributed by atoms with Gasteiger partial charge >= 0.3 is 18.9 Å². The number of rotatable bonds is 2. The van der Waals surface area contributed by atoms with Crippen LogP contribution in [0.15, 0.2) is 0 Å². The van der Waals surface area contributed by atoms with Gasteiger partial charge in [-0.1, -0.05) is 26.2 Å². The summed E-state index contributed by atoms with van der Waals surface area (Å²) in [4.78, 5) is 0. The zero-order chi connectivity index (χ0) is 7.71. The van der Waals surface area contributed by atoms with Crippen LogP contribution in [0.1, 0.15) is 0 Å². The van der Waals surface area contributed by atoms with Crippen molar-refractivity contribution < 1.29 is 18.9 Å². The Morgan fingerprint density at radius 3 is 1.10 bits per heavy atom. The van der Waals surface area contributed by atoms with E-state index >= 15 is 0 Å². The number of hydrogen-bond acceptors (Lipinski definition) is 0. The van der Waals surface area contributed by atoms with Crippen molar-refractivity contribution in [1.82, 2.24) is 0 Å². The van der Waals surface area contributed by atoms with Crippen molar-refractivity contribution in [3.8, 4) is 0 Å². The summed E-state index contributed by atoms with van der Waals surface area (Å²) in [5.74, 6) is 0. The van der Waals surface area contributed by atoms with Crippen LogP contribution in [0.3, 0.4) is 0 Å². The maximum Gasteiger partial charge on any atom is 1.00 e. The minimum absolute atomic E-state index is 0. The standard InChI is InChI=1S/C4H12Cl2NSi2.Li/c1-8(2,5)7-9(3,4)6;/h1-4H3;/q-1;+1. The van der Waals surface area contributed by atoms with Gasteiger partial charge in [0.05, 0.1) is 0 Å². The molecular formula is C4H12Cl2LiNSi2. The first-order valence-electron chi connectivity index (χ1n) is 2.83. The molecule has 56 valence electrons. The molecule has 6 heteroatoms. The normalized spacial score (nSPS) is 12.6. The van der Waals surface area contributed by atoms with Crippen molar-refractivity contribution >= 4 is 37.2 Å². The number of hydrogen-bond donors (Lipinski definition) is 0. The molecule has 0 rings (SSSR count). The molecule has 0 aliphatic rings. The third-order valence-corrected chi connectivity index (χ3v) is 6.31. The fraction of sp³-hybridized carbons (Fsp3) is 1.00. The molecule has 0 saturated carbocycles. The van der Waals surface area contributed by atoms with Crippen molar-refractivity contribution in [1.29, 1.82) is 0 Å². The molecule has 1 nitrogen and oxygen atoms in total. The molecule has 10 heavy (non-hydrogen) atoms. The van der Waals surface area contributed by atoms with Crippen molar-refractivity contribution in [3.63, 3.8) is 0 Å². The van der Waals surface area contributed by atoms with Gasteiger partial charge in [-0.2, -0.15) is 22.2 Å². The van der Waals surface area contributed by atoms with Gasteiger partial charge in [0.15, 0.2) is 0 Å². The molecule has 0 bridgehead atoms. The van der Waals surface area contributed by atoms with E-state index in [1.54, 1.807) is 0 Å². The first-order chi connectivity index (χ1) is 3.71. The summed E-state index contributed by atoms with van der Waals surface area (Å²) in [6.07, 6.45) is 0. The summed E-state index contributed by atoms with van der Waals surface area (Å²) in [5.41, 5.74) is 0. The van der Waals surface area contributed by atoms with Crippen LogP contribution in [0.25, 0.3) is 4.65 Å². The van der Waals surface area contributed by atoms with Gasteiger partial charge in [0.2, 0.25) is 0 Å². The Hall–Kier alpha value is 1.57. The third kappa shape index (κ3) is 12.3. The second-order valence-electron chi connectivity index (χ2n) is 2.93. The summed E-state index contributed by atoms with van der Waals surface area (Å²) >= 11 is 11.9. The van der Waals surface area contributed by atoms with Gasteiger partial charge in [-0.15, -0.1) is 0 Å². The van der Waals surface area contributed by atoms with Crippen LogP contribution < -0.4 is 18.9 Å². The predicted molar refractivity (Wildman–Crippen MR) is 50.0 cm³/mol. The van der Waals surface area contributed by atoms with E-state index in [1.807, 2.05) is 26.2 Å². The second-order valence-corrected chi connectivity index (χ2v) is 15.0. The smallest absolute Gasteiger partial charge is 0.641 e. The van der Waals surface area contributed by atoms with Crippen LogP contribution in [0, 0.1) is 0 Å². The molecule has 0 aliphatic carbocycles. The van der Waals surface area contributed by atoms with Gasteiger partial charge in [-0.25, -0.2) is 0 Å². The van der Waals surface area contributed by atoms with E-state index in [9.17, 15) is 0 Å². The Balaban J connectivity index is 0. The Bertz CT molecular complexity index is 86.4. The number of nitrogens with zero attached hydrogens (tertiary/aromatic N) is 1. The second kappa shape index (κ2) is 4.56. The Morgan fingerprint density at radius 2 is 1.10 bits per heavy atom. The quantitative estimate of drug-likeness (QED) is 0.456. The first kappa shape index (κ1) is 14.1. The van der Waals surface area contributed by atoms with E-state index in [4.69, 9.17) is 22.2 Å². The third-order valence-electron chi connectivity index (χ3n) is 0.532. The molecule has 0 atom stereocenters. The van der Waals surface area contributed by atoms with Crippen molar-refractivity contribution in [3.05, 3.63) is 4.65 Å². The summed E-state index contributed by atoms with van der Waals surface area (Å²) in [6.45, 7) is 7.91. The van der Waals surface area contributed by atoms with E-state index in [0.717, 1.165) is 0 Å². The van der Waals surface area contributed by atoms with Gasteiger partial charge in [0.1, 0.15) is 0 Å². The molecule has 0 heterocycles. The molecule has 0 N–H and O–H groups in total. The molecule has 0 saturated heterocycles. The number of halogens is 2.